The Morgan fingerprint density at radius 1 is 1.20 bits per heavy atom. The van der Waals surface area contributed by atoms with Crippen LogP contribution in [0.2, 0.25) is 0 Å². The van der Waals surface area contributed by atoms with Gasteiger partial charge >= 0.3 is 0 Å². The van der Waals surface area contributed by atoms with E-state index in [1.165, 1.54) is 17.5 Å². The molecule has 1 amide bonds. The van der Waals surface area contributed by atoms with Gasteiger partial charge in [-0.2, -0.15) is 0 Å². The number of ether oxygens (including phenoxy) is 2. The van der Waals surface area contributed by atoms with Crippen LogP contribution < -0.4 is 14.8 Å². The minimum absolute atomic E-state index is 0.0342. The van der Waals surface area contributed by atoms with Crippen LogP contribution in [0.3, 0.4) is 0 Å². The second kappa shape index (κ2) is 7.88. The van der Waals surface area contributed by atoms with E-state index in [9.17, 15) is 4.79 Å². The molecule has 0 saturated heterocycles. The molecule has 0 aromatic heterocycles. The molecule has 1 aliphatic rings. The summed E-state index contributed by atoms with van der Waals surface area (Å²) in [6.07, 6.45) is 5.87. The first-order valence-electron chi connectivity index (χ1n) is 8.52. The molecule has 4 nitrogen and oxygen atoms in total. The number of anilines is 1. The molecule has 2 aromatic carbocycles. The van der Waals surface area contributed by atoms with Gasteiger partial charge in [-0.1, -0.05) is 12.1 Å². The molecule has 1 aliphatic carbocycles. The number of aryl methyl sites for hydroxylation is 2. The zero-order valence-electron chi connectivity index (χ0n) is 14.5. The molecule has 0 radical (unpaired) electrons. The fraction of sp³-hybridized carbons (Fsp3) is 0.286. The number of rotatable bonds is 7. The van der Waals surface area contributed by atoms with Crippen molar-refractivity contribution in [1.29, 1.82) is 0 Å². The van der Waals surface area contributed by atoms with E-state index in [1.54, 1.807) is 13.2 Å². The smallest absolute Gasteiger partial charge is 0.262 e. The lowest BCUT2D eigenvalue weighted by atomic mass is 10.1. The summed E-state index contributed by atoms with van der Waals surface area (Å²) >= 11 is 0. The molecular weight excluding hydrogens is 314 g/mol. The van der Waals surface area contributed by atoms with E-state index in [0.717, 1.165) is 29.8 Å². The topological polar surface area (TPSA) is 47.6 Å². The highest BCUT2D eigenvalue weighted by Gasteiger charge is 2.12. The molecule has 3 rings (SSSR count). The monoisotopic (exact) mass is 337 g/mol. The van der Waals surface area contributed by atoms with Gasteiger partial charge in [0, 0.05) is 11.3 Å². The summed E-state index contributed by atoms with van der Waals surface area (Å²) in [5.41, 5.74) is 4.50. The zero-order valence-corrected chi connectivity index (χ0v) is 14.5. The largest absolute Gasteiger partial charge is 0.497 e. The van der Waals surface area contributed by atoms with Gasteiger partial charge in [-0.05, 0) is 67.1 Å². The van der Waals surface area contributed by atoms with E-state index in [-0.39, 0.29) is 12.5 Å². The summed E-state index contributed by atoms with van der Waals surface area (Å²) in [7, 11) is 1.62. The average Bonchev–Trinajstić information content (AvgIpc) is 3.08. The van der Waals surface area contributed by atoms with Crippen LogP contribution in [0.15, 0.2) is 49.1 Å². The first kappa shape index (κ1) is 17.1. The van der Waals surface area contributed by atoms with Crippen molar-refractivity contribution in [3.8, 4) is 11.5 Å². The van der Waals surface area contributed by atoms with Gasteiger partial charge in [0.05, 0.1) is 7.11 Å². The summed E-state index contributed by atoms with van der Waals surface area (Å²) in [6, 6.07) is 11.7. The molecule has 0 bridgehead atoms. The van der Waals surface area contributed by atoms with Crippen LogP contribution in [0.5, 0.6) is 11.5 Å². The van der Waals surface area contributed by atoms with Gasteiger partial charge in [-0.15, -0.1) is 6.58 Å². The molecule has 0 atom stereocenters. The number of carbonyl (C=O) groups excluding carboxylic acids is 1. The summed E-state index contributed by atoms with van der Waals surface area (Å²) in [5, 5.41) is 2.91. The van der Waals surface area contributed by atoms with Crippen LogP contribution in [-0.4, -0.2) is 19.6 Å². The van der Waals surface area contributed by atoms with Gasteiger partial charge in [-0.25, -0.2) is 0 Å². The Morgan fingerprint density at radius 2 is 2.04 bits per heavy atom. The number of methoxy groups -OCH3 is 1. The molecule has 0 unspecified atom stereocenters. The average molecular weight is 337 g/mol. The highest BCUT2D eigenvalue weighted by molar-refractivity contribution is 5.92. The number of allylic oxidation sites excluding steroid dienone is 1. The van der Waals surface area contributed by atoms with Crippen molar-refractivity contribution in [2.75, 3.05) is 19.0 Å². The van der Waals surface area contributed by atoms with Crippen molar-refractivity contribution < 1.29 is 14.3 Å². The Balaban J connectivity index is 1.61. The minimum Gasteiger partial charge on any atom is -0.497 e. The molecule has 2 aromatic rings. The lowest BCUT2D eigenvalue weighted by molar-refractivity contribution is -0.118. The van der Waals surface area contributed by atoms with E-state index in [4.69, 9.17) is 9.47 Å². The molecule has 0 spiro atoms. The van der Waals surface area contributed by atoms with Crippen LogP contribution in [0, 0.1) is 0 Å². The number of hydrogen-bond donors (Lipinski definition) is 1. The standard InChI is InChI=1S/C21H23NO3/c1-3-5-17-13-19(24-2)10-11-20(17)25-14-21(23)22-18-9-8-15-6-4-7-16(15)12-18/h3,8-13H,1,4-7,14H2,2H3,(H,22,23). The maximum Gasteiger partial charge on any atom is 0.262 e. The van der Waals surface area contributed by atoms with E-state index in [1.807, 2.05) is 24.3 Å². The van der Waals surface area contributed by atoms with Crippen LogP contribution >= 0.6 is 0 Å². The fourth-order valence-electron chi connectivity index (χ4n) is 3.13. The molecular formula is C21H23NO3. The summed E-state index contributed by atoms with van der Waals surface area (Å²) < 4.78 is 10.9. The molecule has 1 N–H and O–H groups in total. The van der Waals surface area contributed by atoms with Crippen LogP contribution in [0.4, 0.5) is 5.69 Å². The predicted molar refractivity (Wildman–Crippen MR) is 99.5 cm³/mol. The summed E-state index contributed by atoms with van der Waals surface area (Å²) in [5.74, 6) is 1.26. The molecule has 0 fully saturated rings. The van der Waals surface area contributed by atoms with Crippen LogP contribution in [0.1, 0.15) is 23.1 Å². The van der Waals surface area contributed by atoms with Crippen molar-refractivity contribution in [3.05, 3.63) is 65.7 Å². The number of nitrogens with one attached hydrogen (secondary N) is 1. The Hall–Kier alpha value is -2.75. The normalized spacial score (nSPS) is 12.4. The van der Waals surface area contributed by atoms with Gasteiger partial charge in [0.15, 0.2) is 6.61 Å². The van der Waals surface area contributed by atoms with E-state index < -0.39 is 0 Å². The van der Waals surface area contributed by atoms with Gasteiger partial charge in [0.25, 0.3) is 5.91 Å². The lowest BCUT2D eigenvalue weighted by Crippen LogP contribution is -2.20. The fourth-order valence-corrected chi connectivity index (χ4v) is 3.13. The van der Waals surface area contributed by atoms with Gasteiger partial charge in [0.2, 0.25) is 0 Å². The maximum absolute atomic E-state index is 12.2. The third kappa shape index (κ3) is 4.21. The Kier molecular flexibility index (Phi) is 5.39. The Bertz CT molecular complexity index is 783. The quantitative estimate of drug-likeness (QED) is 0.779. The first-order valence-corrected chi connectivity index (χ1v) is 8.52. The summed E-state index contributed by atoms with van der Waals surface area (Å²) in [4.78, 5) is 12.2. The van der Waals surface area contributed by atoms with E-state index in [2.05, 4.69) is 24.0 Å². The third-order valence-electron chi connectivity index (χ3n) is 4.37. The molecule has 130 valence electrons. The van der Waals surface area contributed by atoms with E-state index >= 15 is 0 Å². The molecule has 25 heavy (non-hydrogen) atoms. The Labute approximate surface area is 148 Å². The predicted octanol–water partition coefficient (Wildman–Crippen LogP) is 3.93. The van der Waals surface area contributed by atoms with Crippen molar-refractivity contribution in [2.24, 2.45) is 0 Å². The summed E-state index contributed by atoms with van der Waals surface area (Å²) in [6.45, 7) is 3.72. The van der Waals surface area contributed by atoms with Crippen molar-refractivity contribution in [2.45, 2.75) is 25.7 Å². The van der Waals surface area contributed by atoms with Gasteiger partial charge in [-0.3, -0.25) is 4.79 Å². The lowest BCUT2D eigenvalue weighted by Gasteiger charge is -2.12. The Morgan fingerprint density at radius 3 is 2.84 bits per heavy atom. The second-order valence-corrected chi connectivity index (χ2v) is 6.14. The number of carbonyl (C=O) groups is 1. The molecule has 4 heteroatoms. The minimum atomic E-state index is -0.168. The number of fused-ring (bicyclic) bond motifs is 1. The zero-order chi connectivity index (χ0) is 17.6. The highest BCUT2D eigenvalue weighted by atomic mass is 16.5. The SMILES string of the molecule is C=CCc1cc(OC)ccc1OCC(=O)Nc1ccc2c(c1)CCC2. The van der Waals surface area contributed by atoms with Crippen molar-refractivity contribution >= 4 is 11.6 Å². The number of amides is 1. The molecule has 0 aliphatic heterocycles. The van der Waals surface area contributed by atoms with Crippen molar-refractivity contribution in [1.82, 2.24) is 0 Å². The second-order valence-electron chi connectivity index (χ2n) is 6.14. The van der Waals surface area contributed by atoms with Crippen molar-refractivity contribution in [3.63, 3.8) is 0 Å². The van der Waals surface area contributed by atoms with Crippen LogP contribution in [0.25, 0.3) is 0 Å². The third-order valence-corrected chi connectivity index (χ3v) is 4.37. The molecule has 0 heterocycles. The van der Waals surface area contributed by atoms with Gasteiger partial charge < -0.3 is 14.8 Å². The first-order chi connectivity index (χ1) is 12.2. The van der Waals surface area contributed by atoms with Gasteiger partial charge in [0.1, 0.15) is 11.5 Å². The highest BCUT2D eigenvalue weighted by Crippen LogP contribution is 2.26. The number of benzene rings is 2. The molecule has 0 saturated carbocycles. The number of hydrogen-bond acceptors (Lipinski definition) is 3. The van der Waals surface area contributed by atoms with Crippen LogP contribution in [-0.2, 0) is 24.1 Å². The van der Waals surface area contributed by atoms with E-state index in [0.29, 0.717) is 12.2 Å². The maximum atomic E-state index is 12.2.